The van der Waals surface area contributed by atoms with E-state index in [1.807, 2.05) is 0 Å². The molecule has 8 heteroatoms. The normalized spacial score (nSPS) is 13.7. The maximum absolute atomic E-state index is 11.2. The lowest BCUT2D eigenvalue weighted by atomic mass is 10.1. The maximum Gasteiger partial charge on any atom is 0.336 e. The van der Waals surface area contributed by atoms with E-state index in [2.05, 4.69) is 10.6 Å². The van der Waals surface area contributed by atoms with Gasteiger partial charge in [0.1, 0.15) is 5.02 Å². The maximum atomic E-state index is 11.2. The highest BCUT2D eigenvalue weighted by atomic mass is 35.5. The SMILES string of the molecule is CCc1cc2c(c([N+](=O)[O-])c1Cl)[N]C(=O)C(=O)N2. The molecule has 0 atom stereocenters. The number of benzene rings is 1. The summed E-state index contributed by atoms with van der Waals surface area (Å²) in [5.74, 6) is -1.99. The summed E-state index contributed by atoms with van der Waals surface area (Å²) in [5, 5.41) is 16.6. The van der Waals surface area contributed by atoms with Gasteiger partial charge >= 0.3 is 17.5 Å². The van der Waals surface area contributed by atoms with Crippen molar-refractivity contribution < 1.29 is 14.5 Å². The molecule has 0 bridgehead atoms. The minimum absolute atomic E-state index is 0.0612. The van der Waals surface area contributed by atoms with E-state index >= 15 is 0 Å². The summed E-state index contributed by atoms with van der Waals surface area (Å²) >= 11 is 5.90. The Hall–Kier alpha value is -2.15. The molecule has 2 rings (SSSR count). The molecule has 0 saturated carbocycles. The highest BCUT2D eigenvalue weighted by Crippen LogP contribution is 2.42. The Morgan fingerprint density at radius 1 is 1.50 bits per heavy atom. The number of fused-ring (bicyclic) bond motifs is 1. The Balaban J connectivity index is 2.72. The highest BCUT2D eigenvalue weighted by molar-refractivity contribution is 6.43. The largest absolute Gasteiger partial charge is 0.336 e. The quantitative estimate of drug-likeness (QED) is 0.499. The molecule has 0 spiro atoms. The van der Waals surface area contributed by atoms with E-state index in [0.29, 0.717) is 12.0 Å². The summed E-state index contributed by atoms with van der Waals surface area (Å²) in [6.45, 7) is 1.77. The standard InChI is InChI=1S/C10H7ClN3O4/c1-2-4-3-5-7(8(6(4)11)14(17)18)13-10(16)9(15)12-5/h3H,2H2,1H3,(H,12,15). The van der Waals surface area contributed by atoms with Gasteiger partial charge in [0.15, 0.2) is 5.69 Å². The smallest absolute Gasteiger partial charge is 0.316 e. The van der Waals surface area contributed by atoms with Crippen molar-refractivity contribution >= 4 is 40.5 Å². The molecular weight excluding hydrogens is 262 g/mol. The third-order valence-corrected chi connectivity index (χ3v) is 2.93. The number of carbonyl (C=O) groups excluding carboxylic acids is 2. The van der Waals surface area contributed by atoms with Crippen LogP contribution in [-0.4, -0.2) is 16.7 Å². The number of amides is 2. The van der Waals surface area contributed by atoms with Crippen LogP contribution in [0.4, 0.5) is 17.1 Å². The van der Waals surface area contributed by atoms with Gasteiger partial charge in [-0.1, -0.05) is 18.5 Å². The van der Waals surface area contributed by atoms with Gasteiger partial charge in [-0.3, -0.25) is 19.7 Å². The average Bonchev–Trinajstić information content (AvgIpc) is 2.30. The molecule has 7 nitrogen and oxygen atoms in total. The lowest BCUT2D eigenvalue weighted by molar-refractivity contribution is -0.384. The Bertz CT molecular complexity index is 585. The van der Waals surface area contributed by atoms with Gasteiger partial charge in [-0.05, 0) is 18.1 Å². The van der Waals surface area contributed by atoms with Crippen LogP contribution in [-0.2, 0) is 16.0 Å². The third kappa shape index (κ3) is 1.78. The fraction of sp³-hybridized carbons (Fsp3) is 0.200. The van der Waals surface area contributed by atoms with Crippen molar-refractivity contribution in [3.05, 3.63) is 26.8 Å². The number of carbonyl (C=O) groups is 2. The van der Waals surface area contributed by atoms with Crippen LogP contribution in [0.1, 0.15) is 12.5 Å². The van der Waals surface area contributed by atoms with Crippen LogP contribution >= 0.6 is 11.6 Å². The summed E-state index contributed by atoms with van der Waals surface area (Å²) in [5.41, 5.74) is -0.0225. The first-order valence-corrected chi connectivity index (χ1v) is 5.40. The molecule has 1 aliphatic heterocycles. The number of hydrogen-bond donors (Lipinski definition) is 1. The van der Waals surface area contributed by atoms with Gasteiger partial charge in [-0.2, -0.15) is 5.32 Å². The number of nitrogens with one attached hydrogen (secondary N) is 1. The molecule has 0 fully saturated rings. The van der Waals surface area contributed by atoms with Crippen molar-refractivity contribution in [3.8, 4) is 0 Å². The van der Waals surface area contributed by atoms with Gasteiger partial charge in [-0.15, -0.1) is 0 Å². The van der Waals surface area contributed by atoms with Crippen molar-refractivity contribution in [1.82, 2.24) is 5.32 Å². The third-order valence-electron chi connectivity index (χ3n) is 2.51. The van der Waals surface area contributed by atoms with Gasteiger partial charge in [0, 0.05) is 0 Å². The molecule has 1 N–H and O–H groups in total. The zero-order chi connectivity index (χ0) is 13.4. The Morgan fingerprint density at radius 2 is 2.17 bits per heavy atom. The topological polar surface area (TPSA) is 103 Å². The molecule has 2 amide bonds. The molecule has 1 aliphatic rings. The lowest BCUT2D eigenvalue weighted by Gasteiger charge is -2.17. The van der Waals surface area contributed by atoms with Crippen molar-refractivity contribution in [2.24, 2.45) is 0 Å². The van der Waals surface area contributed by atoms with Gasteiger partial charge in [0.25, 0.3) is 0 Å². The first-order chi connectivity index (χ1) is 8.45. The molecule has 93 valence electrons. The van der Waals surface area contributed by atoms with Gasteiger partial charge in [-0.25, -0.2) is 0 Å². The van der Waals surface area contributed by atoms with Crippen LogP contribution in [0.2, 0.25) is 5.02 Å². The summed E-state index contributed by atoms with van der Waals surface area (Å²) in [6, 6.07) is 1.48. The van der Waals surface area contributed by atoms with E-state index in [9.17, 15) is 19.7 Å². The van der Waals surface area contributed by atoms with Crippen molar-refractivity contribution in [1.29, 1.82) is 0 Å². The monoisotopic (exact) mass is 268 g/mol. The van der Waals surface area contributed by atoms with Crippen LogP contribution < -0.4 is 10.6 Å². The number of rotatable bonds is 2. The first-order valence-electron chi connectivity index (χ1n) is 5.02. The fourth-order valence-electron chi connectivity index (χ4n) is 1.65. The molecule has 18 heavy (non-hydrogen) atoms. The second kappa shape index (κ2) is 4.26. The van der Waals surface area contributed by atoms with E-state index in [1.54, 1.807) is 6.92 Å². The van der Waals surface area contributed by atoms with E-state index in [-0.39, 0.29) is 16.4 Å². The average molecular weight is 269 g/mol. The number of hydrogen-bond acceptors (Lipinski definition) is 4. The van der Waals surface area contributed by atoms with Gasteiger partial charge in [0.2, 0.25) is 0 Å². The lowest BCUT2D eigenvalue weighted by Crippen LogP contribution is -2.33. The number of anilines is 1. The fourth-order valence-corrected chi connectivity index (χ4v) is 2.00. The Morgan fingerprint density at radius 3 is 2.72 bits per heavy atom. The molecule has 1 heterocycles. The molecule has 0 aliphatic carbocycles. The molecule has 0 saturated heterocycles. The van der Waals surface area contributed by atoms with Crippen molar-refractivity contribution in [2.45, 2.75) is 13.3 Å². The van der Waals surface area contributed by atoms with Gasteiger partial charge < -0.3 is 5.32 Å². The number of aryl methyl sites for hydroxylation is 1. The number of nitro benzene ring substituents is 1. The number of nitrogens with zero attached hydrogens (tertiary/aromatic N) is 2. The predicted octanol–water partition coefficient (Wildman–Crippen LogP) is 1.53. The van der Waals surface area contributed by atoms with Crippen molar-refractivity contribution in [2.75, 3.05) is 5.32 Å². The van der Waals surface area contributed by atoms with Gasteiger partial charge in [0.05, 0.1) is 10.6 Å². The summed E-state index contributed by atoms with van der Waals surface area (Å²) in [4.78, 5) is 32.6. The van der Waals surface area contributed by atoms with Crippen LogP contribution in [0.15, 0.2) is 6.07 Å². The highest BCUT2D eigenvalue weighted by Gasteiger charge is 2.34. The van der Waals surface area contributed by atoms with Crippen LogP contribution in [0.3, 0.4) is 0 Å². The second-order valence-corrected chi connectivity index (χ2v) is 3.95. The summed E-state index contributed by atoms with van der Waals surface area (Å²) in [6.07, 6.45) is 0.455. The predicted molar refractivity (Wildman–Crippen MR) is 62.9 cm³/mol. The molecule has 1 radical (unpaired) electrons. The second-order valence-electron chi connectivity index (χ2n) is 3.58. The molecule has 0 aromatic heterocycles. The Kier molecular flexibility index (Phi) is 2.92. The molecule has 1 aromatic carbocycles. The van der Waals surface area contributed by atoms with E-state index < -0.39 is 22.4 Å². The van der Waals surface area contributed by atoms with Crippen molar-refractivity contribution in [3.63, 3.8) is 0 Å². The molecule has 0 unspecified atom stereocenters. The molecule has 1 aromatic rings. The summed E-state index contributed by atoms with van der Waals surface area (Å²) < 4.78 is 0. The first kappa shape index (κ1) is 12.3. The van der Waals surface area contributed by atoms with Crippen LogP contribution in [0.5, 0.6) is 0 Å². The Labute approximate surface area is 106 Å². The van der Waals surface area contributed by atoms with Crippen LogP contribution in [0, 0.1) is 10.1 Å². The minimum atomic E-state index is -1.08. The number of nitro groups is 1. The zero-order valence-corrected chi connectivity index (χ0v) is 9.95. The van der Waals surface area contributed by atoms with E-state index in [4.69, 9.17) is 11.6 Å². The zero-order valence-electron chi connectivity index (χ0n) is 9.19. The van der Waals surface area contributed by atoms with E-state index in [1.165, 1.54) is 6.07 Å². The van der Waals surface area contributed by atoms with Crippen LogP contribution in [0.25, 0.3) is 0 Å². The summed E-state index contributed by atoms with van der Waals surface area (Å²) in [7, 11) is 0. The van der Waals surface area contributed by atoms with E-state index in [0.717, 1.165) is 0 Å². The minimum Gasteiger partial charge on any atom is -0.316 e. The number of halogens is 1. The molecular formula is C10H7ClN3O4.